The first-order chi connectivity index (χ1) is 19.5. The second-order valence-corrected chi connectivity index (χ2v) is 10.5. The molecule has 1 unspecified atom stereocenters. The zero-order valence-electron chi connectivity index (χ0n) is 21.2. The summed E-state index contributed by atoms with van der Waals surface area (Å²) < 4.78 is 33.4. The van der Waals surface area contributed by atoms with Crippen LogP contribution in [-0.2, 0) is 4.79 Å². The minimum atomic E-state index is -3.05. The molecule has 6 rings (SSSR count). The van der Waals surface area contributed by atoms with E-state index in [9.17, 15) is 18.4 Å². The topological polar surface area (TPSA) is 116 Å². The van der Waals surface area contributed by atoms with Crippen molar-refractivity contribution in [2.45, 2.75) is 24.0 Å². The molecule has 1 atom stereocenters. The van der Waals surface area contributed by atoms with Crippen molar-refractivity contribution in [3.05, 3.63) is 72.0 Å². The van der Waals surface area contributed by atoms with Crippen LogP contribution in [-0.4, -0.2) is 74.9 Å². The zero-order valence-corrected chi connectivity index (χ0v) is 22.0. The SMILES string of the molecule is O=C(NC1=CN(CC(=O)N2CC=CCC2)NC1c1cc2c(cc1OC(F)F)NCCS2)c1cnn2cccnc12. The van der Waals surface area contributed by atoms with E-state index in [4.69, 9.17) is 4.74 Å². The highest BCUT2D eigenvalue weighted by Crippen LogP contribution is 2.41. The summed E-state index contributed by atoms with van der Waals surface area (Å²) in [5.41, 5.74) is 5.27. The maximum absolute atomic E-state index is 13.5. The number of aromatic nitrogens is 3. The van der Waals surface area contributed by atoms with Crippen LogP contribution in [0.15, 0.2) is 65.7 Å². The van der Waals surface area contributed by atoms with Gasteiger partial charge in [0.15, 0.2) is 5.65 Å². The second kappa shape index (κ2) is 11.1. The molecule has 0 saturated heterocycles. The van der Waals surface area contributed by atoms with Crippen LogP contribution >= 0.6 is 11.8 Å². The fraction of sp³-hybridized carbons (Fsp3) is 0.308. The lowest BCUT2D eigenvalue weighted by Crippen LogP contribution is -2.43. The van der Waals surface area contributed by atoms with Crippen LogP contribution in [0.5, 0.6) is 5.75 Å². The van der Waals surface area contributed by atoms with E-state index >= 15 is 0 Å². The van der Waals surface area contributed by atoms with Gasteiger partial charge in [-0.2, -0.15) is 13.9 Å². The van der Waals surface area contributed by atoms with Crippen molar-refractivity contribution >= 4 is 34.9 Å². The van der Waals surface area contributed by atoms with Gasteiger partial charge in [0.2, 0.25) is 5.91 Å². The predicted octanol–water partition coefficient (Wildman–Crippen LogP) is 2.77. The van der Waals surface area contributed by atoms with E-state index in [1.807, 2.05) is 12.2 Å². The fourth-order valence-corrected chi connectivity index (χ4v) is 5.77. The molecule has 1 aromatic carbocycles. The van der Waals surface area contributed by atoms with E-state index in [2.05, 4.69) is 26.1 Å². The number of fused-ring (bicyclic) bond motifs is 2. The average Bonchev–Trinajstić information content (AvgIpc) is 3.57. The summed E-state index contributed by atoms with van der Waals surface area (Å²) >= 11 is 1.59. The molecule has 2 aromatic heterocycles. The van der Waals surface area contributed by atoms with E-state index in [0.717, 1.165) is 17.1 Å². The van der Waals surface area contributed by atoms with Crippen molar-refractivity contribution in [2.75, 3.05) is 37.2 Å². The lowest BCUT2D eigenvalue weighted by atomic mass is 10.0. The standard InChI is InChI=1S/C26H26F2N8O3S/c27-26(28)39-20-12-18-21(40-10-6-29-18)11-16(20)23-19(14-35(33-23)15-22(37)34-7-2-1-3-8-34)32-25(38)17-13-31-36-9-4-5-30-24(17)36/h1-2,4-5,9,11-14,23,26,29,33H,3,6-8,10,15H2,(H,32,38). The van der Waals surface area contributed by atoms with Gasteiger partial charge in [0, 0.05) is 60.5 Å². The molecule has 208 valence electrons. The molecule has 5 heterocycles. The van der Waals surface area contributed by atoms with Crippen LogP contribution in [0.3, 0.4) is 0 Å². The number of hydrazine groups is 1. The quantitative estimate of drug-likeness (QED) is 0.370. The number of amides is 2. The Hall–Kier alpha value is -4.17. The first-order valence-electron chi connectivity index (χ1n) is 12.7. The fourth-order valence-electron chi connectivity index (χ4n) is 4.85. The van der Waals surface area contributed by atoms with Crippen LogP contribution in [0.4, 0.5) is 14.5 Å². The highest BCUT2D eigenvalue weighted by Gasteiger charge is 2.33. The molecule has 0 spiro atoms. The molecule has 11 nitrogen and oxygen atoms in total. The number of benzene rings is 1. The number of hydrogen-bond acceptors (Lipinski definition) is 9. The van der Waals surface area contributed by atoms with Crippen molar-refractivity contribution in [2.24, 2.45) is 0 Å². The number of ether oxygens (including phenoxy) is 1. The molecule has 0 radical (unpaired) electrons. The number of alkyl halides is 2. The Bertz CT molecular complexity index is 1510. The molecule has 40 heavy (non-hydrogen) atoms. The van der Waals surface area contributed by atoms with E-state index in [-0.39, 0.29) is 23.8 Å². The van der Waals surface area contributed by atoms with Crippen LogP contribution in [0.1, 0.15) is 28.4 Å². The lowest BCUT2D eigenvalue weighted by molar-refractivity contribution is -0.132. The second-order valence-electron chi connectivity index (χ2n) is 9.31. The molecule has 3 aliphatic heterocycles. The molecule has 0 saturated carbocycles. The number of halogens is 2. The smallest absolute Gasteiger partial charge is 0.387 e. The lowest BCUT2D eigenvalue weighted by Gasteiger charge is -2.28. The normalized spacial score (nSPS) is 18.5. The number of nitrogens with zero attached hydrogens (tertiary/aromatic N) is 5. The van der Waals surface area contributed by atoms with Gasteiger partial charge in [-0.25, -0.2) is 14.9 Å². The summed E-state index contributed by atoms with van der Waals surface area (Å²) in [7, 11) is 0. The molecule has 2 amide bonds. The summed E-state index contributed by atoms with van der Waals surface area (Å²) in [5, 5.41) is 11.8. The summed E-state index contributed by atoms with van der Waals surface area (Å²) in [5.74, 6) is 0.186. The van der Waals surface area contributed by atoms with Crippen molar-refractivity contribution in [1.29, 1.82) is 0 Å². The number of rotatable bonds is 7. The summed E-state index contributed by atoms with van der Waals surface area (Å²) in [6.45, 7) is -1.24. The number of carbonyl (C=O) groups excluding carboxylic acids is 2. The van der Waals surface area contributed by atoms with Crippen LogP contribution in [0.2, 0.25) is 0 Å². The summed E-state index contributed by atoms with van der Waals surface area (Å²) in [6, 6.07) is 4.24. The van der Waals surface area contributed by atoms with Crippen molar-refractivity contribution in [3.8, 4) is 5.75 Å². The molecule has 3 N–H and O–H groups in total. The van der Waals surface area contributed by atoms with Crippen LogP contribution in [0.25, 0.3) is 5.65 Å². The number of anilines is 1. The number of carbonyl (C=O) groups is 2. The largest absolute Gasteiger partial charge is 0.434 e. The molecule has 0 bridgehead atoms. The van der Waals surface area contributed by atoms with Crippen LogP contribution in [0, 0.1) is 0 Å². The van der Waals surface area contributed by atoms with E-state index < -0.39 is 18.6 Å². The third kappa shape index (κ3) is 5.31. The highest BCUT2D eigenvalue weighted by molar-refractivity contribution is 7.99. The van der Waals surface area contributed by atoms with Gasteiger partial charge in [-0.15, -0.1) is 11.8 Å². The maximum atomic E-state index is 13.5. The van der Waals surface area contributed by atoms with Gasteiger partial charge in [0.1, 0.15) is 17.9 Å². The maximum Gasteiger partial charge on any atom is 0.387 e. The Kier molecular flexibility index (Phi) is 7.26. The van der Waals surface area contributed by atoms with Crippen molar-refractivity contribution in [3.63, 3.8) is 0 Å². The van der Waals surface area contributed by atoms with Gasteiger partial charge < -0.3 is 25.3 Å². The van der Waals surface area contributed by atoms with Crippen molar-refractivity contribution < 1.29 is 23.1 Å². The molecule has 3 aliphatic rings. The Labute approximate surface area is 232 Å². The Balaban J connectivity index is 1.33. The Morgan fingerprint density at radius 3 is 3.00 bits per heavy atom. The molecular formula is C26H26F2N8O3S. The van der Waals surface area contributed by atoms with Crippen LogP contribution < -0.4 is 20.8 Å². The van der Waals surface area contributed by atoms with Gasteiger partial charge in [-0.05, 0) is 18.6 Å². The first kappa shape index (κ1) is 26.1. The van der Waals surface area contributed by atoms with E-state index in [1.165, 1.54) is 10.7 Å². The Morgan fingerprint density at radius 2 is 2.17 bits per heavy atom. The predicted molar refractivity (Wildman–Crippen MR) is 144 cm³/mol. The highest BCUT2D eigenvalue weighted by atomic mass is 32.2. The monoisotopic (exact) mass is 568 g/mol. The van der Waals surface area contributed by atoms with Gasteiger partial charge in [-0.3, -0.25) is 9.59 Å². The summed E-state index contributed by atoms with van der Waals surface area (Å²) in [4.78, 5) is 33.2. The number of thioether (sulfide) groups is 1. The third-order valence-electron chi connectivity index (χ3n) is 6.71. The van der Waals surface area contributed by atoms with Crippen molar-refractivity contribution in [1.82, 2.24) is 35.2 Å². The van der Waals surface area contributed by atoms with Gasteiger partial charge in [0.25, 0.3) is 5.91 Å². The summed E-state index contributed by atoms with van der Waals surface area (Å²) in [6.07, 6.45) is 11.0. The van der Waals surface area contributed by atoms with Gasteiger partial charge in [-0.1, -0.05) is 12.2 Å². The van der Waals surface area contributed by atoms with Gasteiger partial charge in [0.05, 0.1) is 23.6 Å². The average molecular weight is 569 g/mol. The molecule has 0 fully saturated rings. The van der Waals surface area contributed by atoms with E-state index in [0.29, 0.717) is 42.2 Å². The van der Waals surface area contributed by atoms with E-state index in [1.54, 1.807) is 58.5 Å². The first-order valence-corrected chi connectivity index (χ1v) is 13.7. The minimum Gasteiger partial charge on any atom is -0.434 e. The molecule has 0 aliphatic carbocycles. The molecular weight excluding hydrogens is 542 g/mol. The van der Waals surface area contributed by atoms with Gasteiger partial charge >= 0.3 is 6.61 Å². The number of hydrogen-bond donors (Lipinski definition) is 3. The Morgan fingerprint density at radius 1 is 1.27 bits per heavy atom. The molecule has 14 heteroatoms. The number of nitrogens with one attached hydrogen (secondary N) is 3. The zero-order chi connectivity index (χ0) is 27.6. The molecule has 3 aromatic rings. The minimum absolute atomic E-state index is 0.0196. The third-order valence-corrected chi connectivity index (χ3v) is 7.77.